The van der Waals surface area contributed by atoms with Gasteiger partial charge in [-0.25, -0.2) is 4.98 Å². The molecule has 0 saturated heterocycles. The maximum absolute atomic E-state index is 12.8. The quantitative estimate of drug-likeness (QED) is 0.569. The molecule has 0 aliphatic heterocycles. The summed E-state index contributed by atoms with van der Waals surface area (Å²) in [5.74, 6) is 1.28. The number of aromatic nitrogens is 1. The maximum atomic E-state index is 12.8. The Labute approximate surface area is 169 Å². The molecular weight excluding hydrogens is 372 g/mol. The number of rotatable bonds is 8. The fourth-order valence-electron chi connectivity index (χ4n) is 3.12. The number of amides is 1. The summed E-state index contributed by atoms with van der Waals surface area (Å²) in [4.78, 5) is 17.5. The van der Waals surface area contributed by atoms with E-state index < -0.39 is 0 Å². The Bertz CT molecular complexity index is 994. The number of pyridine rings is 1. The Kier molecular flexibility index (Phi) is 6.51. The third-order valence-corrected chi connectivity index (χ3v) is 4.54. The number of ether oxygens (including phenoxy) is 3. The van der Waals surface area contributed by atoms with Crippen LogP contribution in [0.4, 0.5) is 0 Å². The molecule has 0 saturated carbocycles. The summed E-state index contributed by atoms with van der Waals surface area (Å²) in [5.41, 5.74) is 2.55. The minimum Gasteiger partial charge on any atom is -0.493 e. The minimum atomic E-state index is -0.217. The monoisotopic (exact) mass is 396 g/mol. The number of aliphatic hydroxyl groups is 1. The first-order chi connectivity index (χ1) is 14.1. The van der Waals surface area contributed by atoms with Crippen LogP contribution in [0.2, 0.25) is 0 Å². The van der Waals surface area contributed by atoms with E-state index in [1.807, 2.05) is 24.3 Å². The summed E-state index contributed by atoms with van der Waals surface area (Å²) in [6, 6.07) is 12.8. The van der Waals surface area contributed by atoms with E-state index in [4.69, 9.17) is 24.3 Å². The molecule has 2 N–H and O–H groups in total. The molecule has 0 atom stereocenters. The molecule has 0 radical (unpaired) electrons. The van der Waals surface area contributed by atoms with Gasteiger partial charge < -0.3 is 24.6 Å². The molecule has 152 valence electrons. The van der Waals surface area contributed by atoms with Crippen LogP contribution in [0.15, 0.2) is 42.5 Å². The minimum absolute atomic E-state index is 0.0219. The van der Waals surface area contributed by atoms with Gasteiger partial charge in [-0.15, -0.1) is 0 Å². The number of para-hydroxylation sites is 1. The van der Waals surface area contributed by atoms with Crippen LogP contribution >= 0.6 is 0 Å². The molecule has 0 unspecified atom stereocenters. The lowest BCUT2D eigenvalue weighted by molar-refractivity contribution is 0.0953. The van der Waals surface area contributed by atoms with E-state index in [0.717, 1.165) is 10.9 Å². The van der Waals surface area contributed by atoms with Crippen molar-refractivity contribution in [1.82, 2.24) is 10.3 Å². The van der Waals surface area contributed by atoms with Gasteiger partial charge in [0.05, 0.1) is 38.1 Å². The van der Waals surface area contributed by atoms with Gasteiger partial charge in [-0.05, 0) is 30.7 Å². The van der Waals surface area contributed by atoms with E-state index in [9.17, 15) is 4.79 Å². The summed E-state index contributed by atoms with van der Waals surface area (Å²) in [7, 11) is 4.65. The van der Waals surface area contributed by atoms with Gasteiger partial charge in [-0.3, -0.25) is 4.79 Å². The lowest BCUT2D eigenvalue weighted by Crippen LogP contribution is -2.25. The zero-order valence-corrected chi connectivity index (χ0v) is 16.7. The molecule has 1 heterocycles. The first-order valence-corrected chi connectivity index (χ1v) is 9.22. The molecule has 7 nitrogen and oxygen atoms in total. The smallest absolute Gasteiger partial charge is 0.252 e. The third kappa shape index (κ3) is 4.25. The number of carbonyl (C=O) groups is 1. The number of hydrogen-bond acceptors (Lipinski definition) is 6. The summed E-state index contributed by atoms with van der Waals surface area (Å²) < 4.78 is 16.3. The summed E-state index contributed by atoms with van der Waals surface area (Å²) in [5, 5.41) is 12.6. The van der Waals surface area contributed by atoms with Gasteiger partial charge >= 0.3 is 0 Å². The molecule has 1 amide bonds. The van der Waals surface area contributed by atoms with Crippen LogP contribution in [0.5, 0.6) is 17.2 Å². The molecule has 29 heavy (non-hydrogen) atoms. The maximum Gasteiger partial charge on any atom is 0.252 e. The first kappa shape index (κ1) is 20.4. The van der Waals surface area contributed by atoms with Crippen LogP contribution in [0, 0.1) is 0 Å². The molecule has 3 rings (SSSR count). The fraction of sp³-hybridized carbons (Fsp3) is 0.273. The number of nitrogens with one attached hydrogen (secondary N) is 1. The van der Waals surface area contributed by atoms with Crippen molar-refractivity contribution in [3.63, 3.8) is 0 Å². The number of aliphatic hydroxyl groups excluding tert-OH is 1. The SMILES string of the molecule is COc1cc(-c2cc(C(=O)NCCCO)c3ccccc3n2)cc(OC)c1OC. The molecule has 7 heteroatoms. The zero-order chi connectivity index (χ0) is 20.8. The average molecular weight is 396 g/mol. The van der Waals surface area contributed by atoms with E-state index >= 15 is 0 Å². The van der Waals surface area contributed by atoms with E-state index in [-0.39, 0.29) is 12.5 Å². The second-order valence-corrected chi connectivity index (χ2v) is 6.32. The Balaban J connectivity index is 2.14. The number of nitrogens with zero attached hydrogens (tertiary/aromatic N) is 1. The molecule has 1 aromatic heterocycles. The van der Waals surface area contributed by atoms with Crippen molar-refractivity contribution in [3.8, 4) is 28.5 Å². The van der Waals surface area contributed by atoms with E-state index in [0.29, 0.717) is 47.0 Å². The zero-order valence-electron chi connectivity index (χ0n) is 16.7. The number of benzene rings is 2. The first-order valence-electron chi connectivity index (χ1n) is 9.22. The molecule has 0 fully saturated rings. The predicted octanol–water partition coefficient (Wildman–Crippen LogP) is 3.04. The van der Waals surface area contributed by atoms with Crippen molar-refractivity contribution in [2.24, 2.45) is 0 Å². The van der Waals surface area contributed by atoms with Crippen LogP contribution in [0.3, 0.4) is 0 Å². The molecule has 3 aromatic rings. The Morgan fingerprint density at radius 1 is 1.03 bits per heavy atom. The van der Waals surface area contributed by atoms with Crippen LogP contribution < -0.4 is 19.5 Å². The molecule has 0 spiro atoms. The number of fused-ring (bicyclic) bond motifs is 1. The molecule has 2 aromatic carbocycles. The second-order valence-electron chi connectivity index (χ2n) is 6.32. The molecule has 0 aliphatic carbocycles. The second kappa shape index (κ2) is 9.25. The lowest BCUT2D eigenvalue weighted by atomic mass is 10.0. The summed E-state index contributed by atoms with van der Waals surface area (Å²) >= 11 is 0. The van der Waals surface area contributed by atoms with E-state index in [1.165, 1.54) is 0 Å². The molecular formula is C22H24N2O5. The highest BCUT2D eigenvalue weighted by Gasteiger charge is 2.18. The van der Waals surface area contributed by atoms with Crippen molar-refractivity contribution >= 4 is 16.8 Å². The van der Waals surface area contributed by atoms with Crippen molar-refractivity contribution in [2.45, 2.75) is 6.42 Å². The van der Waals surface area contributed by atoms with Gasteiger partial charge in [0.25, 0.3) is 5.91 Å². The average Bonchev–Trinajstić information content (AvgIpc) is 2.77. The fourth-order valence-corrected chi connectivity index (χ4v) is 3.12. The van der Waals surface area contributed by atoms with Crippen LogP contribution in [0.1, 0.15) is 16.8 Å². The van der Waals surface area contributed by atoms with Crippen molar-refractivity contribution in [2.75, 3.05) is 34.5 Å². The third-order valence-electron chi connectivity index (χ3n) is 4.54. The predicted molar refractivity (Wildman–Crippen MR) is 111 cm³/mol. The van der Waals surface area contributed by atoms with Gasteiger partial charge in [-0.1, -0.05) is 18.2 Å². The Morgan fingerprint density at radius 3 is 2.34 bits per heavy atom. The number of hydrogen-bond donors (Lipinski definition) is 2. The highest BCUT2D eigenvalue weighted by atomic mass is 16.5. The Morgan fingerprint density at radius 2 is 1.72 bits per heavy atom. The lowest BCUT2D eigenvalue weighted by Gasteiger charge is -2.15. The van der Waals surface area contributed by atoms with Gasteiger partial charge in [0.2, 0.25) is 5.75 Å². The van der Waals surface area contributed by atoms with Gasteiger partial charge in [0, 0.05) is 24.1 Å². The highest BCUT2D eigenvalue weighted by Crippen LogP contribution is 2.41. The highest BCUT2D eigenvalue weighted by molar-refractivity contribution is 6.07. The number of methoxy groups -OCH3 is 3. The van der Waals surface area contributed by atoms with Crippen molar-refractivity contribution < 1.29 is 24.1 Å². The topological polar surface area (TPSA) is 89.9 Å². The standard InChI is InChI=1S/C22H24N2O5/c1-27-19-11-14(12-20(28-2)21(19)29-3)18-13-16(22(26)23-9-6-10-25)15-7-4-5-8-17(15)24-18/h4-5,7-8,11-13,25H,6,9-10H2,1-3H3,(H,23,26). The van der Waals surface area contributed by atoms with E-state index in [2.05, 4.69) is 5.32 Å². The normalized spacial score (nSPS) is 10.6. The molecule has 0 bridgehead atoms. The van der Waals surface area contributed by atoms with E-state index in [1.54, 1.807) is 39.5 Å². The van der Waals surface area contributed by atoms with Crippen molar-refractivity contribution in [3.05, 3.63) is 48.0 Å². The Hall–Kier alpha value is -3.32. The largest absolute Gasteiger partial charge is 0.493 e. The summed E-state index contributed by atoms with van der Waals surface area (Å²) in [6.07, 6.45) is 0.495. The number of carbonyl (C=O) groups excluding carboxylic acids is 1. The van der Waals surface area contributed by atoms with Gasteiger partial charge in [0.1, 0.15) is 0 Å². The van der Waals surface area contributed by atoms with Crippen LogP contribution in [0.25, 0.3) is 22.2 Å². The van der Waals surface area contributed by atoms with Gasteiger partial charge in [0.15, 0.2) is 11.5 Å². The van der Waals surface area contributed by atoms with Crippen LogP contribution in [-0.2, 0) is 0 Å². The summed E-state index contributed by atoms with van der Waals surface area (Å²) in [6.45, 7) is 0.416. The van der Waals surface area contributed by atoms with Gasteiger partial charge in [-0.2, -0.15) is 0 Å². The van der Waals surface area contributed by atoms with Crippen molar-refractivity contribution in [1.29, 1.82) is 0 Å². The van der Waals surface area contributed by atoms with Crippen LogP contribution in [-0.4, -0.2) is 50.5 Å². The molecule has 0 aliphatic rings.